The summed E-state index contributed by atoms with van der Waals surface area (Å²) >= 11 is 3.09. The lowest BCUT2D eigenvalue weighted by atomic mass is 10.1. The Morgan fingerprint density at radius 3 is 2.71 bits per heavy atom. The first kappa shape index (κ1) is 17.2. The van der Waals surface area contributed by atoms with Gasteiger partial charge in [0.15, 0.2) is 5.82 Å². The van der Waals surface area contributed by atoms with E-state index in [2.05, 4.69) is 21.2 Å². The third-order valence-corrected chi connectivity index (χ3v) is 4.83. The third-order valence-electron chi connectivity index (χ3n) is 4.22. The quantitative estimate of drug-likeness (QED) is 0.820. The van der Waals surface area contributed by atoms with Crippen molar-refractivity contribution < 1.29 is 18.7 Å². The summed E-state index contributed by atoms with van der Waals surface area (Å²) < 4.78 is 19.7. The minimum atomic E-state index is -0.624. The lowest BCUT2D eigenvalue weighted by molar-refractivity contribution is -0.121. The molecular formula is C17H20BrFN2O3. The zero-order valence-electron chi connectivity index (χ0n) is 13.8. The van der Waals surface area contributed by atoms with Gasteiger partial charge >= 0.3 is 6.09 Å². The third kappa shape index (κ3) is 3.41. The molecule has 1 aromatic carbocycles. The second-order valence-electron chi connectivity index (χ2n) is 7.29. The number of carbonyl (C=O) groups excluding carboxylic acids is 2. The summed E-state index contributed by atoms with van der Waals surface area (Å²) in [6, 6.07) is 4.12. The Kier molecular flexibility index (Phi) is 4.32. The van der Waals surface area contributed by atoms with E-state index in [4.69, 9.17) is 4.74 Å². The molecule has 2 aliphatic rings. The van der Waals surface area contributed by atoms with Crippen molar-refractivity contribution in [3.63, 3.8) is 0 Å². The molecule has 3 atom stereocenters. The largest absolute Gasteiger partial charge is 0.444 e. The smallest absolute Gasteiger partial charge is 0.411 e. The molecule has 1 aliphatic carbocycles. The van der Waals surface area contributed by atoms with Crippen LogP contribution >= 0.6 is 15.9 Å². The lowest BCUT2D eigenvalue weighted by Gasteiger charge is -2.29. The minimum absolute atomic E-state index is 0.0583. The van der Waals surface area contributed by atoms with Crippen LogP contribution in [0.15, 0.2) is 22.7 Å². The molecule has 1 heterocycles. The van der Waals surface area contributed by atoms with E-state index in [0.29, 0.717) is 12.3 Å². The molecule has 5 nitrogen and oxygen atoms in total. The van der Waals surface area contributed by atoms with E-state index in [1.54, 1.807) is 32.9 Å². The molecule has 0 unspecified atom stereocenters. The zero-order valence-corrected chi connectivity index (χ0v) is 15.4. The van der Waals surface area contributed by atoms with E-state index in [-0.39, 0.29) is 22.1 Å². The molecule has 130 valence electrons. The van der Waals surface area contributed by atoms with Gasteiger partial charge in [-0.2, -0.15) is 0 Å². The number of hydrogen-bond acceptors (Lipinski definition) is 3. The SMILES string of the molecule is CC(C)(C)OC(=O)N1[C@@H]2C[C@@H]2C[C@H]1C(=O)Nc1cccc(Br)c1F. The Balaban J connectivity index is 1.74. The molecule has 1 N–H and O–H groups in total. The first-order valence-electron chi connectivity index (χ1n) is 7.93. The van der Waals surface area contributed by atoms with Gasteiger partial charge in [0.25, 0.3) is 0 Å². The van der Waals surface area contributed by atoms with Crippen LogP contribution in [-0.2, 0) is 9.53 Å². The van der Waals surface area contributed by atoms with Gasteiger partial charge in [-0.1, -0.05) is 6.07 Å². The highest BCUT2D eigenvalue weighted by Gasteiger charge is 2.57. The van der Waals surface area contributed by atoms with Gasteiger partial charge in [-0.25, -0.2) is 9.18 Å². The number of ether oxygens (including phenoxy) is 1. The first-order valence-corrected chi connectivity index (χ1v) is 8.73. The monoisotopic (exact) mass is 398 g/mol. The first-order chi connectivity index (χ1) is 11.2. The van der Waals surface area contributed by atoms with Gasteiger partial charge in [-0.15, -0.1) is 0 Å². The number of halogens is 2. The van der Waals surface area contributed by atoms with Crippen molar-refractivity contribution in [3.05, 3.63) is 28.5 Å². The molecule has 3 rings (SSSR count). The highest BCUT2D eigenvalue weighted by molar-refractivity contribution is 9.10. The number of rotatable bonds is 2. The molecule has 1 aromatic rings. The number of benzene rings is 1. The summed E-state index contributed by atoms with van der Waals surface area (Å²) in [6.45, 7) is 5.37. The van der Waals surface area contributed by atoms with Crippen LogP contribution in [0.3, 0.4) is 0 Å². The second-order valence-corrected chi connectivity index (χ2v) is 8.15. The molecular weight excluding hydrogens is 379 g/mol. The average Bonchev–Trinajstić information content (AvgIpc) is 3.12. The van der Waals surface area contributed by atoms with Crippen molar-refractivity contribution in [1.29, 1.82) is 0 Å². The van der Waals surface area contributed by atoms with E-state index in [9.17, 15) is 14.0 Å². The van der Waals surface area contributed by atoms with Crippen molar-refractivity contribution >= 4 is 33.6 Å². The molecule has 1 aliphatic heterocycles. The predicted octanol–water partition coefficient (Wildman–Crippen LogP) is 3.92. The summed E-state index contributed by atoms with van der Waals surface area (Å²) in [4.78, 5) is 26.5. The summed E-state index contributed by atoms with van der Waals surface area (Å²) in [5.41, 5.74) is -0.527. The van der Waals surface area contributed by atoms with Gasteiger partial charge in [0.1, 0.15) is 11.6 Å². The molecule has 0 spiro atoms. The predicted molar refractivity (Wildman–Crippen MR) is 91.1 cm³/mol. The van der Waals surface area contributed by atoms with Crippen LogP contribution in [0.25, 0.3) is 0 Å². The number of fused-ring (bicyclic) bond motifs is 1. The maximum atomic E-state index is 14.0. The van der Waals surface area contributed by atoms with Crippen molar-refractivity contribution in [2.24, 2.45) is 5.92 Å². The van der Waals surface area contributed by atoms with Gasteiger partial charge in [-0.3, -0.25) is 9.69 Å². The Bertz CT molecular complexity index is 689. The number of anilines is 1. The average molecular weight is 399 g/mol. The fourth-order valence-electron chi connectivity index (χ4n) is 3.08. The van der Waals surface area contributed by atoms with Crippen molar-refractivity contribution in [2.45, 2.75) is 51.3 Å². The fourth-order valence-corrected chi connectivity index (χ4v) is 3.45. The minimum Gasteiger partial charge on any atom is -0.444 e. The number of hydrogen-bond donors (Lipinski definition) is 1. The lowest BCUT2D eigenvalue weighted by Crippen LogP contribution is -2.47. The Hall–Kier alpha value is -1.63. The normalized spacial score (nSPS) is 25.2. The van der Waals surface area contributed by atoms with Crippen LogP contribution in [0, 0.1) is 11.7 Å². The number of likely N-dealkylation sites (tertiary alicyclic amines) is 1. The number of nitrogens with one attached hydrogen (secondary N) is 1. The molecule has 1 saturated heterocycles. The zero-order chi connectivity index (χ0) is 17.6. The molecule has 2 fully saturated rings. The van der Waals surface area contributed by atoms with Crippen LogP contribution in [0.5, 0.6) is 0 Å². The van der Waals surface area contributed by atoms with E-state index >= 15 is 0 Å². The highest BCUT2D eigenvalue weighted by Crippen LogP contribution is 2.48. The number of amides is 2. The molecule has 0 radical (unpaired) electrons. The van der Waals surface area contributed by atoms with Gasteiger partial charge in [0.2, 0.25) is 5.91 Å². The summed E-state index contributed by atoms with van der Waals surface area (Å²) in [7, 11) is 0. The molecule has 1 saturated carbocycles. The van der Waals surface area contributed by atoms with Gasteiger partial charge in [-0.05, 0) is 67.6 Å². The van der Waals surface area contributed by atoms with E-state index in [1.165, 1.54) is 11.0 Å². The van der Waals surface area contributed by atoms with E-state index < -0.39 is 23.6 Å². The van der Waals surface area contributed by atoms with Crippen molar-refractivity contribution in [1.82, 2.24) is 4.90 Å². The van der Waals surface area contributed by atoms with Crippen molar-refractivity contribution in [2.75, 3.05) is 5.32 Å². The molecule has 2 amide bonds. The van der Waals surface area contributed by atoms with Crippen molar-refractivity contribution in [3.8, 4) is 0 Å². The van der Waals surface area contributed by atoms with Gasteiger partial charge in [0.05, 0.1) is 10.2 Å². The molecule has 0 aromatic heterocycles. The highest BCUT2D eigenvalue weighted by atomic mass is 79.9. The maximum absolute atomic E-state index is 14.0. The number of nitrogens with zero attached hydrogens (tertiary/aromatic N) is 1. The van der Waals surface area contributed by atoms with Crippen LogP contribution < -0.4 is 5.32 Å². The fraction of sp³-hybridized carbons (Fsp3) is 0.529. The standard InChI is InChI=1S/C17H20BrFN2O3/c1-17(2,3)24-16(23)21-12-7-9(12)8-13(21)15(22)20-11-6-4-5-10(18)14(11)19/h4-6,9,12-13H,7-8H2,1-3H3,(H,20,22)/t9-,12-,13+/m1/s1. The maximum Gasteiger partial charge on any atom is 0.411 e. The van der Waals surface area contributed by atoms with Crippen LogP contribution in [0.4, 0.5) is 14.9 Å². The molecule has 24 heavy (non-hydrogen) atoms. The summed E-state index contributed by atoms with van der Waals surface area (Å²) in [5, 5.41) is 2.59. The van der Waals surface area contributed by atoms with E-state index in [0.717, 1.165) is 6.42 Å². The Morgan fingerprint density at radius 1 is 1.33 bits per heavy atom. The van der Waals surface area contributed by atoms with Crippen LogP contribution in [-0.4, -0.2) is 34.6 Å². The summed E-state index contributed by atoms with van der Waals surface area (Å²) in [5.74, 6) is -0.580. The van der Waals surface area contributed by atoms with Gasteiger partial charge in [0, 0.05) is 6.04 Å². The van der Waals surface area contributed by atoms with E-state index in [1.807, 2.05) is 0 Å². The van der Waals surface area contributed by atoms with Crippen LogP contribution in [0.2, 0.25) is 0 Å². The van der Waals surface area contributed by atoms with Gasteiger partial charge < -0.3 is 10.1 Å². The Labute approximate surface area is 148 Å². The second kappa shape index (κ2) is 6.02. The van der Waals surface area contributed by atoms with Crippen LogP contribution in [0.1, 0.15) is 33.6 Å². The number of piperidine rings is 1. The molecule has 7 heteroatoms. The summed E-state index contributed by atoms with van der Waals surface area (Å²) in [6.07, 6.45) is 1.00. The molecule has 0 bridgehead atoms. The number of carbonyl (C=O) groups is 2. The topological polar surface area (TPSA) is 58.6 Å². The Morgan fingerprint density at radius 2 is 2.04 bits per heavy atom.